The van der Waals surface area contributed by atoms with Gasteiger partial charge in [0.15, 0.2) is 0 Å². The molecule has 0 aliphatic carbocycles. The van der Waals surface area contributed by atoms with Crippen LogP contribution < -0.4 is 0 Å². The molecule has 1 aromatic carbocycles. The van der Waals surface area contributed by atoms with Gasteiger partial charge in [-0.25, -0.2) is 0 Å². The van der Waals surface area contributed by atoms with Gasteiger partial charge in [-0.1, -0.05) is 104 Å². The molecule has 0 bridgehead atoms. The number of hydrogen-bond acceptors (Lipinski definition) is 3. The fourth-order valence-corrected chi connectivity index (χ4v) is 5.87. The Kier molecular flexibility index (Phi) is 18.9. The summed E-state index contributed by atoms with van der Waals surface area (Å²) in [7, 11) is 0. The quantitative estimate of drug-likeness (QED) is 0.182. The summed E-state index contributed by atoms with van der Waals surface area (Å²) >= 11 is 4.07. The van der Waals surface area contributed by atoms with Gasteiger partial charge in [0, 0.05) is 17.1 Å². The minimum atomic E-state index is 0.577. The van der Waals surface area contributed by atoms with Gasteiger partial charge < -0.3 is 5.11 Å². The summed E-state index contributed by atoms with van der Waals surface area (Å²) in [5.41, 5.74) is 3.75. The molecule has 0 amide bonds. The van der Waals surface area contributed by atoms with Crippen LogP contribution >= 0.6 is 23.5 Å². The van der Waals surface area contributed by atoms with Crippen molar-refractivity contribution >= 4 is 23.5 Å². The second kappa shape index (κ2) is 20.3. The molecule has 0 unspecified atom stereocenters. The molecule has 1 aromatic rings. The molecule has 31 heavy (non-hydrogen) atoms. The van der Waals surface area contributed by atoms with Crippen LogP contribution in [0.3, 0.4) is 0 Å². The van der Waals surface area contributed by atoms with Crippen molar-refractivity contribution in [2.75, 3.05) is 11.5 Å². The molecule has 0 fully saturated rings. The van der Waals surface area contributed by atoms with Crippen molar-refractivity contribution in [2.45, 2.75) is 129 Å². The van der Waals surface area contributed by atoms with Crippen molar-refractivity contribution in [2.24, 2.45) is 0 Å². The van der Waals surface area contributed by atoms with Crippen molar-refractivity contribution in [1.82, 2.24) is 0 Å². The predicted molar refractivity (Wildman–Crippen MR) is 146 cm³/mol. The van der Waals surface area contributed by atoms with Crippen LogP contribution in [0.15, 0.2) is 12.1 Å². The highest BCUT2D eigenvalue weighted by atomic mass is 32.2. The lowest BCUT2D eigenvalue weighted by Gasteiger charge is -2.13. The van der Waals surface area contributed by atoms with Gasteiger partial charge in [-0.2, -0.15) is 23.5 Å². The normalized spacial score (nSPS) is 11.3. The molecular weight excluding hydrogens is 416 g/mol. The van der Waals surface area contributed by atoms with Crippen molar-refractivity contribution in [1.29, 1.82) is 0 Å². The maximum absolute atomic E-state index is 10.8. The van der Waals surface area contributed by atoms with E-state index in [1.807, 2.05) is 11.8 Å². The van der Waals surface area contributed by atoms with Crippen LogP contribution in [0, 0.1) is 0 Å². The van der Waals surface area contributed by atoms with E-state index in [-0.39, 0.29) is 0 Å². The monoisotopic (exact) mass is 466 g/mol. The fraction of sp³-hybridized carbons (Fsp3) is 0.786. The standard InChI is InChI=1S/C28H50OS2/c1-4-7-10-12-14-16-19-30-23-25-21-26(18-9-6-3)28(29)27(22-25)24-31-20-17-15-13-11-8-5-2/h21-22,29H,4-20,23-24H2,1-3H3. The first-order valence-corrected chi connectivity index (χ1v) is 15.5. The average molecular weight is 467 g/mol. The number of thioether (sulfide) groups is 2. The van der Waals surface area contributed by atoms with Crippen LogP contribution in [-0.2, 0) is 17.9 Å². The first-order chi connectivity index (χ1) is 15.2. The number of phenolic OH excluding ortho intramolecular Hbond substituents is 1. The number of rotatable bonds is 21. The molecule has 180 valence electrons. The van der Waals surface area contributed by atoms with Gasteiger partial charge in [0.05, 0.1) is 0 Å². The zero-order valence-corrected chi connectivity index (χ0v) is 22.5. The molecule has 1 N–H and O–H groups in total. The topological polar surface area (TPSA) is 20.2 Å². The third-order valence-corrected chi connectivity index (χ3v) is 8.15. The molecular formula is C28H50OS2. The van der Waals surface area contributed by atoms with Crippen molar-refractivity contribution in [3.05, 3.63) is 28.8 Å². The summed E-state index contributed by atoms with van der Waals surface area (Å²) in [5, 5.41) is 10.8. The van der Waals surface area contributed by atoms with Crippen LogP contribution in [-0.4, -0.2) is 16.6 Å². The molecule has 0 aliphatic rings. The Labute approximate surface area is 203 Å². The van der Waals surface area contributed by atoms with E-state index in [0.29, 0.717) is 5.75 Å². The highest BCUT2D eigenvalue weighted by Gasteiger charge is 2.10. The molecule has 0 saturated carbocycles. The molecule has 0 heterocycles. The summed E-state index contributed by atoms with van der Waals surface area (Å²) in [6, 6.07) is 4.56. The Hall–Kier alpha value is -0.280. The molecule has 0 spiro atoms. The number of phenols is 1. The minimum Gasteiger partial charge on any atom is -0.507 e. The van der Waals surface area contributed by atoms with E-state index in [0.717, 1.165) is 24.3 Å². The predicted octanol–water partition coefficient (Wildman–Crippen LogP) is 9.92. The Bertz CT molecular complexity index is 544. The summed E-state index contributed by atoms with van der Waals surface area (Å²) < 4.78 is 0. The third-order valence-electron chi connectivity index (χ3n) is 5.94. The molecule has 1 nitrogen and oxygen atoms in total. The summed E-state index contributed by atoms with van der Waals surface area (Å²) in [6.07, 6.45) is 19.7. The van der Waals surface area contributed by atoms with Gasteiger partial charge >= 0.3 is 0 Å². The smallest absolute Gasteiger partial charge is 0.122 e. The SMILES string of the molecule is CCCCCCCCSCc1cc(CCCC)c(O)c(CSCCCCCCCC)c1. The highest BCUT2D eigenvalue weighted by Crippen LogP contribution is 2.31. The molecule has 0 radical (unpaired) electrons. The minimum absolute atomic E-state index is 0.577. The zero-order valence-electron chi connectivity index (χ0n) is 20.9. The van der Waals surface area contributed by atoms with E-state index >= 15 is 0 Å². The van der Waals surface area contributed by atoms with Gasteiger partial charge in [-0.3, -0.25) is 0 Å². The highest BCUT2D eigenvalue weighted by molar-refractivity contribution is 7.98. The van der Waals surface area contributed by atoms with Gasteiger partial charge in [0.1, 0.15) is 5.75 Å². The van der Waals surface area contributed by atoms with Crippen LogP contribution in [0.5, 0.6) is 5.75 Å². The first kappa shape index (κ1) is 28.8. The maximum Gasteiger partial charge on any atom is 0.122 e. The lowest BCUT2D eigenvalue weighted by atomic mass is 10.0. The Morgan fingerprint density at radius 3 is 1.65 bits per heavy atom. The van der Waals surface area contributed by atoms with E-state index < -0.39 is 0 Å². The van der Waals surface area contributed by atoms with Gasteiger partial charge in [0.2, 0.25) is 0 Å². The summed E-state index contributed by atoms with van der Waals surface area (Å²) in [6.45, 7) is 6.79. The van der Waals surface area contributed by atoms with E-state index in [2.05, 4.69) is 44.7 Å². The van der Waals surface area contributed by atoms with Gasteiger partial charge in [-0.15, -0.1) is 0 Å². The van der Waals surface area contributed by atoms with E-state index in [1.54, 1.807) is 0 Å². The molecule has 0 atom stereocenters. The molecule has 1 rings (SSSR count). The third kappa shape index (κ3) is 14.5. The number of aromatic hydroxyl groups is 1. The maximum atomic E-state index is 10.8. The summed E-state index contributed by atoms with van der Waals surface area (Å²) in [4.78, 5) is 0. The van der Waals surface area contributed by atoms with Crippen LogP contribution in [0.25, 0.3) is 0 Å². The summed E-state index contributed by atoms with van der Waals surface area (Å²) in [5.74, 6) is 5.10. The van der Waals surface area contributed by atoms with Gasteiger partial charge in [-0.05, 0) is 48.3 Å². The van der Waals surface area contributed by atoms with Crippen molar-refractivity contribution in [3.63, 3.8) is 0 Å². The van der Waals surface area contributed by atoms with Crippen molar-refractivity contribution in [3.8, 4) is 5.75 Å². The first-order valence-electron chi connectivity index (χ1n) is 13.2. The van der Waals surface area contributed by atoms with Crippen LogP contribution in [0.1, 0.15) is 127 Å². The molecule has 3 heteroatoms. The molecule has 0 aromatic heterocycles. The molecule has 0 aliphatic heterocycles. The van der Waals surface area contributed by atoms with Crippen LogP contribution in [0.2, 0.25) is 0 Å². The Morgan fingerprint density at radius 2 is 1.06 bits per heavy atom. The van der Waals surface area contributed by atoms with E-state index in [9.17, 15) is 5.11 Å². The number of unbranched alkanes of at least 4 members (excludes halogenated alkanes) is 11. The Balaban J connectivity index is 2.45. The molecule has 0 saturated heterocycles. The number of hydrogen-bond donors (Lipinski definition) is 1. The van der Waals surface area contributed by atoms with Crippen LogP contribution in [0.4, 0.5) is 0 Å². The van der Waals surface area contributed by atoms with E-state index in [4.69, 9.17) is 0 Å². The van der Waals surface area contributed by atoms with Gasteiger partial charge in [0.25, 0.3) is 0 Å². The van der Waals surface area contributed by atoms with Crippen molar-refractivity contribution < 1.29 is 5.11 Å². The number of aryl methyl sites for hydroxylation is 1. The van der Waals surface area contributed by atoms with E-state index in [1.165, 1.54) is 112 Å². The number of benzene rings is 1. The average Bonchev–Trinajstić information content (AvgIpc) is 2.78. The second-order valence-corrected chi connectivity index (χ2v) is 11.2. The largest absolute Gasteiger partial charge is 0.507 e. The second-order valence-electron chi connectivity index (χ2n) is 9.01. The zero-order chi connectivity index (χ0) is 22.6. The fourth-order valence-electron chi connectivity index (χ4n) is 3.92. The Morgan fingerprint density at radius 1 is 0.581 bits per heavy atom. The lowest BCUT2D eigenvalue weighted by Crippen LogP contribution is -1.96. The lowest BCUT2D eigenvalue weighted by molar-refractivity contribution is 0.462.